The van der Waals surface area contributed by atoms with Gasteiger partial charge in [-0.05, 0) is 36.6 Å². The molecule has 21 heavy (non-hydrogen) atoms. The highest BCUT2D eigenvalue weighted by atomic mass is 32.1. The van der Waals surface area contributed by atoms with E-state index in [4.69, 9.17) is 4.74 Å². The van der Waals surface area contributed by atoms with Crippen molar-refractivity contribution in [2.45, 2.75) is 13.0 Å². The second kappa shape index (κ2) is 5.21. The number of amides is 2. The third kappa shape index (κ3) is 2.50. The second-order valence-electron chi connectivity index (χ2n) is 4.77. The van der Waals surface area contributed by atoms with Crippen molar-refractivity contribution >= 4 is 34.5 Å². The lowest BCUT2D eigenvalue weighted by Crippen LogP contribution is -2.41. The van der Waals surface area contributed by atoms with E-state index in [0.717, 1.165) is 0 Å². The summed E-state index contributed by atoms with van der Waals surface area (Å²) in [5.41, 5.74) is 1.28. The summed E-state index contributed by atoms with van der Waals surface area (Å²) in [6.45, 7) is 1.72. The van der Waals surface area contributed by atoms with Crippen LogP contribution in [0.25, 0.3) is 0 Å². The minimum Gasteiger partial charge on any atom is -0.479 e. The number of hydrogen-bond acceptors (Lipinski definition) is 4. The normalized spacial score (nSPS) is 17.1. The van der Waals surface area contributed by atoms with Crippen LogP contribution in [0.2, 0.25) is 0 Å². The molecule has 0 saturated carbocycles. The standard InChI is InChI=1S/C15H14N2O3S/c1-9-15(19)17(2)11-8-10(5-6-12(11)20-9)16-14(18)13-4-3-7-21-13/h3-9H,1-2H3,(H,16,18). The Hall–Kier alpha value is -2.34. The summed E-state index contributed by atoms with van der Waals surface area (Å²) in [6, 6.07) is 8.86. The average Bonchev–Trinajstić information content (AvgIpc) is 3.00. The summed E-state index contributed by atoms with van der Waals surface area (Å²) in [5.74, 6) is 0.368. The largest absolute Gasteiger partial charge is 0.479 e. The first-order valence-electron chi connectivity index (χ1n) is 6.49. The number of fused-ring (bicyclic) bond motifs is 1. The van der Waals surface area contributed by atoms with Crippen molar-refractivity contribution in [2.24, 2.45) is 0 Å². The summed E-state index contributed by atoms with van der Waals surface area (Å²) in [6.07, 6.45) is -0.492. The lowest BCUT2D eigenvalue weighted by Gasteiger charge is -2.30. The van der Waals surface area contributed by atoms with Gasteiger partial charge < -0.3 is 15.0 Å². The smallest absolute Gasteiger partial charge is 0.267 e. The molecule has 108 valence electrons. The van der Waals surface area contributed by atoms with Crippen molar-refractivity contribution in [3.05, 3.63) is 40.6 Å². The fourth-order valence-electron chi connectivity index (χ4n) is 2.19. The maximum absolute atomic E-state index is 12.0. The first kappa shape index (κ1) is 13.6. The number of thiophene rings is 1. The first-order chi connectivity index (χ1) is 10.1. The predicted octanol–water partition coefficient (Wildman–Crippen LogP) is 2.74. The highest BCUT2D eigenvalue weighted by Gasteiger charge is 2.29. The van der Waals surface area contributed by atoms with Gasteiger partial charge in [0.2, 0.25) is 0 Å². The average molecular weight is 302 g/mol. The lowest BCUT2D eigenvalue weighted by molar-refractivity contribution is -0.125. The minimum absolute atomic E-state index is 0.107. The number of nitrogens with one attached hydrogen (secondary N) is 1. The number of ether oxygens (including phenoxy) is 1. The molecule has 1 aliphatic heterocycles. The van der Waals surface area contributed by atoms with Gasteiger partial charge in [0.1, 0.15) is 5.75 Å². The fraction of sp³-hybridized carbons (Fsp3) is 0.200. The van der Waals surface area contributed by atoms with Crippen LogP contribution in [0, 0.1) is 0 Å². The Bertz CT molecular complexity index is 697. The van der Waals surface area contributed by atoms with Crippen molar-refractivity contribution in [2.75, 3.05) is 17.3 Å². The Morgan fingerprint density at radius 2 is 2.19 bits per heavy atom. The number of hydrogen-bond donors (Lipinski definition) is 1. The van der Waals surface area contributed by atoms with Gasteiger partial charge in [0.05, 0.1) is 10.6 Å². The summed E-state index contributed by atoms with van der Waals surface area (Å²) in [7, 11) is 1.70. The molecule has 0 spiro atoms. The summed E-state index contributed by atoms with van der Waals surface area (Å²) < 4.78 is 5.54. The molecule has 2 heterocycles. The molecule has 1 aromatic heterocycles. The van der Waals surface area contributed by atoms with Crippen molar-refractivity contribution in [3.63, 3.8) is 0 Å². The van der Waals surface area contributed by atoms with Crippen LogP contribution < -0.4 is 15.0 Å². The molecule has 2 aromatic rings. The first-order valence-corrected chi connectivity index (χ1v) is 7.37. The van der Waals surface area contributed by atoms with E-state index in [1.54, 1.807) is 43.1 Å². The number of carbonyl (C=O) groups excluding carboxylic acids is 2. The molecular weight excluding hydrogens is 288 g/mol. The van der Waals surface area contributed by atoms with Crippen LogP contribution in [-0.2, 0) is 4.79 Å². The van der Waals surface area contributed by atoms with E-state index in [1.165, 1.54) is 11.3 Å². The van der Waals surface area contributed by atoms with Gasteiger partial charge in [0, 0.05) is 12.7 Å². The zero-order chi connectivity index (χ0) is 15.0. The van der Waals surface area contributed by atoms with Crippen molar-refractivity contribution < 1.29 is 14.3 Å². The molecule has 0 saturated heterocycles. The van der Waals surface area contributed by atoms with E-state index in [2.05, 4.69) is 5.32 Å². The van der Waals surface area contributed by atoms with Crippen molar-refractivity contribution in [1.29, 1.82) is 0 Å². The van der Waals surface area contributed by atoms with Crippen LogP contribution in [0.5, 0.6) is 5.75 Å². The summed E-state index contributed by atoms with van der Waals surface area (Å²) in [4.78, 5) is 26.1. The van der Waals surface area contributed by atoms with Crippen LogP contribution in [0.4, 0.5) is 11.4 Å². The lowest BCUT2D eigenvalue weighted by atomic mass is 10.2. The SMILES string of the molecule is CC1Oc2ccc(NC(=O)c3cccs3)cc2N(C)C1=O. The van der Waals surface area contributed by atoms with Crippen molar-refractivity contribution in [3.8, 4) is 5.75 Å². The zero-order valence-corrected chi connectivity index (χ0v) is 12.4. The Labute approximate surface area is 126 Å². The van der Waals surface area contributed by atoms with E-state index >= 15 is 0 Å². The molecule has 0 radical (unpaired) electrons. The number of benzene rings is 1. The Morgan fingerprint density at radius 3 is 2.90 bits per heavy atom. The van der Waals surface area contributed by atoms with E-state index in [1.807, 2.05) is 11.4 Å². The summed E-state index contributed by atoms with van der Waals surface area (Å²) in [5, 5.41) is 4.67. The molecule has 0 fully saturated rings. The highest BCUT2D eigenvalue weighted by Crippen LogP contribution is 2.35. The molecule has 6 heteroatoms. The quantitative estimate of drug-likeness (QED) is 0.928. The highest BCUT2D eigenvalue weighted by molar-refractivity contribution is 7.12. The summed E-state index contributed by atoms with van der Waals surface area (Å²) >= 11 is 1.38. The molecule has 0 bridgehead atoms. The topological polar surface area (TPSA) is 58.6 Å². The van der Waals surface area contributed by atoms with E-state index < -0.39 is 6.10 Å². The van der Waals surface area contributed by atoms with Gasteiger partial charge in [-0.25, -0.2) is 0 Å². The Kier molecular flexibility index (Phi) is 3.39. The zero-order valence-electron chi connectivity index (χ0n) is 11.6. The maximum Gasteiger partial charge on any atom is 0.267 e. The monoisotopic (exact) mass is 302 g/mol. The van der Waals surface area contributed by atoms with E-state index in [9.17, 15) is 9.59 Å². The minimum atomic E-state index is -0.492. The molecule has 5 nitrogen and oxygen atoms in total. The van der Waals surface area contributed by atoms with Gasteiger partial charge in [-0.2, -0.15) is 0 Å². The molecule has 0 aliphatic carbocycles. The third-order valence-electron chi connectivity index (χ3n) is 3.31. The number of rotatable bonds is 2. The van der Waals surface area contributed by atoms with Crippen LogP contribution in [0.1, 0.15) is 16.6 Å². The Balaban J connectivity index is 1.86. The molecule has 2 amide bonds. The molecule has 1 aliphatic rings. The molecule has 1 atom stereocenters. The molecule has 1 N–H and O–H groups in total. The number of carbonyl (C=O) groups is 2. The van der Waals surface area contributed by atoms with Gasteiger partial charge >= 0.3 is 0 Å². The van der Waals surface area contributed by atoms with Gasteiger partial charge in [-0.1, -0.05) is 6.07 Å². The molecule has 1 aromatic carbocycles. The van der Waals surface area contributed by atoms with Crippen LogP contribution in [0.15, 0.2) is 35.7 Å². The predicted molar refractivity (Wildman–Crippen MR) is 82.2 cm³/mol. The maximum atomic E-state index is 12.0. The van der Waals surface area contributed by atoms with Gasteiger partial charge in [0.15, 0.2) is 6.10 Å². The second-order valence-corrected chi connectivity index (χ2v) is 5.72. The van der Waals surface area contributed by atoms with Gasteiger partial charge in [0.25, 0.3) is 11.8 Å². The van der Waals surface area contributed by atoms with Crippen LogP contribution >= 0.6 is 11.3 Å². The molecule has 1 unspecified atom stereocenters. The third-order valence-corrected chi connectivity index (χ3v) is 4.17. The molecule has 3 rings (SSSR count). The van der Waals surface area contributed by atoms with Crippen LogP contribution in [-0.4, -0.2) is 25.0 Å². The van der Waals surface area contributed by atoms with E-state index in [-0.39, 0.29) is 11.8 Å². The van der Waals surface area contributed by atoms with Crippen molar-refractivity contribution in [1.82, 2.24) is 0 Å². The van der Waals surface area contributed by atoms with Crippen LogP contribution in [0.3, 0.4) is 0 Å². The number of anilines is 2. The Morgan fingerprint density at radius 1 is 1.38 bits per heavy atom. The van der Waals surface area contributed by atoms with E-state index in [0.29, 0.717) is 22.0 Å². The van der Waals surface area contributed by atoms with Gasteiger partial charge in [-0.15, -0.1) is 11.3 Å². The number of nitrogens with zero attached hydrogens (tertiary/aromatic N) is 1. The number of likely N-dealkylation sites (N-methyl/N-ethyl adjacent to an activating group) is 1. The molecular formula is C15H14N2O3S. The van der Waals surface area contributed by atoms with Gasteiger partial charge in [-0.3, -0.25) is 9.59 Å². The fourth-order valence-corrected chi connectivity index (χ4v) is 2.81.